The minimum atomic E-state index is 0.130. The number of hydrogen-bond acceptors (Lipinski definition) is 2. The van der Waals surface area contributed by atoms with E-state index in [1.807, 2.05) is 24.3 Å². The zero-order valence-corrected chi connectivity index (χ0v) is 11.5. The molecule has 17 heavy (non-hydrogen) atoms. The Morgan fingerprint density at radius 1 is 1.53 bits per heavy atom. The number of carbonyl (C=O) groups is 1. The topological polar surface area (TPSA) is 41.1 Å². The van der Waals surface area contributed by atoms with E-state index in [0.717, 1.165) is 29.5 Å². The predicted molar refractivity (Wildman–Crippen MR) is 73.0 cm³/mol. The number of amides is 1. The van der Waals surface area contributed by atoms with Crippen molar-refractivity contribution in [1.29, 1.82) is 0 Å². The van der Waals surface area contributed by atoms with Crippen LogP contribution in [0, 0.1) is 5.92 Å². The molecule has 2 atom stereocenters. The van der Waals surface area contributed by atoms with Crippen LogP contribution in [-0.4, -0.2) is 18.5 Å². The zero-order valence-electron chi connectivity index (χ0n) is 9.87. The molecule has 0 aromatic heterocycles. The molecule has 0 saturated carbocycles. The summed E-state index contributed by atoms with van der Waals surface area (Å²) < 4.78 is 0.981. The van der Waals surface area contributed by atoms with Crippen molar-refractivity contribution in [2.75, 3.05) is 11.9 Å². The summed E-state index contributed by atoms with van der Waals surface area (Å²) in [6, 6.07) is 8.13. The Labute approximate surface area is 110 Å². The number of anilines is 1. The molecule has 1 heterocycles. The first-order valence-electron chi connectivity index (χ1n) is 5.95. The lowest BCUT2D eigenvalue weighted by atomic mass is 9.92. The third kappa shape index (κ3) is 3.54. The standard InChI is InChI=1S/C13H17BrN2O/c1-9-7-10(5-6-15-9)13(17)16-12-4-2-3-11(14)8-12/h2-4,8-10,15H,5-7H2,1H3,(H,16,17)/t9-,10-/m0/s1. The highest BCUT2D eigenvalue weighted by Gasteiger charge is 2.24. The summed E-state index contributed by atoms with van der Waals surface area (Å²) in [6.45, 7) is 3.05. The van der Waals surface area contributed by atoms with Gasteiger partial charge in [-0.1, -0.05) is 22.0 Å². The third-order valence-corrected chi connectivity index (χ3v) is 3.58. The molecule has 0 radical (unpaired) electrons. The van der Waals surface area contributed by atoms with Crippen LogP contribution in [0.5, 0.6) is 0 Å². The Kier molecular flexibility index (Phi) is 4.18. The summed E-state index contributed by atoms with van der Waals surface area (Å²) in [5.74, 6) is 0.265. The second-order valence-corrected chi connectivity index (χ2v) is 5.49. The van der Waals surface area contributed by atoms with Gasteiger partial charge in [-0.15, -0.1) is 0 Å². The van der Waals surface area contributed by atoms with Gasteiger partial charge in [0.1, 0.15) is 0 Å². The van der Waals surface area contributed by atoms with Crippen LogP contribution in [0.15, 0.2) is 28.7 Å². The third-order valence-electron chi connectivity index (χ3n) is 3.09. The molecule has 2 rings (SSSR count). The summed E-state index contributed by atoms with van der Waals surface area (Å²) >= 11 is 3.40. The van der Waals surface area contributed by atoms with E-state index in [1.54, 1.807) is 0 Å². The maximum absolute atomic E-state index is 12.1. The molecule has 1 amide bonds. The molecule has 0 aliphatic carbocycles. The van der Waals surface area contributed by atoms with Gasteiger partial charge in [-0.25, -0.2) is 0 Å². The van der Waals surface area contributed by atoms with Gasteiger partial charge in [0.15, 0.2) is 0 Å². The van der Waals surface area contributed by atoms with Gasteiger partial charge in [-0.3, -0.25) is 4.79 Å². The zero-order chi connectivity index (χ0) is 12.3. The number of piperidine rings is 1. The first kappa shape index (κ1) is 12.6. The summed E-state index contributed by atoms with van der Waals surface area (Å²) in [4.78, 5) is 12.1. The van der Waals surface area contributed by atoms with Gasteiger partial charge in [0.05, 0.1) is 0 Å². The summed E-state index contributed by atoms with van der Waals surface area (Å²) in [5.41, 5.74) is 0.857. The lowest BCUT2D eigenvalue weighted by Gasteiger charge is -2.27. The number of hydrogen-bond donors (Lipinski definition) is 2. The van der Waals surface area contributed by atoms with Crippen LogP contribution < -0.4 is 10.6 Å². The molecule has 2 N–H and O–H groups in total. The molecule has 0 bridgehead atoms. The van der Waals surface area contributed by atoms with E-state index in [1.165, 1.54) is 0 Å². The molecule has 1 fully saturated rings. The molecule has 3 nitrogen and oxygen atoms in total. The summed E-state index contributed by atoms with van der Waals surface area (Å²) in [7, 11) is 0. The van der Waals surface area contributed by atoms with E-state index in [4.69, 9.17) is 0 Å². The maximum atomic E-state index is 12.1. The number of benzene rings is 1. The van der Waals surface area contributed by atoms with Gasteiger partial charge < -0.3 is 10.6 Å². The van der Waals surface area contributed by atoms with Gasteiger partial charge in [0.25, 0.3) is 0 Å². The molecule has 0 spiro atoms. The van der Waals surface area contributed by atoms with Gasteiger partial charge in [-0.05, 0) is 44.5 Å². The van der Waals surface area contributed by atoms with Crippen LogP contribution in [0.3, 0.4) is 0 Å². The number of carbonyl (C=O) groups excluding carboxylic acids is 1. The molecule has 4 heteroatoms. The van der Waals surface area contributed by atoms with Gasteiger partial charge in [-0.2, -0.15) is 0 Å². The van der Waals surface area contributed by atoms with E-state index in [0.29, 0.717) is 6.04 Å². The number of nitrogens with one attached hydrogen (secondary N) is 2. The fourth-order valence-electron chi connectivity index (χ4n) is 2.18. The molecule has 1 aromatic rings. The van der Waals surface area contributed by atoms with Crippen molar-refractivity contribution in [3.8, 4) is 0 Å². The molecular weight excluding hydrogens is 280 g/mol. The quantitative estimate of drug-likeness (QED) is 0.881. The molecule has 1 aromatic carbocycles. The first-order valence-corrected chi connectivity index (χ1v) is 6.74. The Balaban J connectivity index is 1.96. The predicted octanol–water partition coefficient (Wildman–Crippen LogP) is 2.78. The maximum Gasteiger partial charge on any atom is 0.227 e. The van der Waals surface area contributed by atoms with Crippen LogP contribution >= 0.6 is 15.9 Å². The Bertz CT molecular complexity index is 408. The summed E-state index contributed by atoms with van der Waals surface area (Å²) in [6.07, 6.45) is 1.84. The number of halogens is 1. The smallest absolute Gasteiger partial charge is 0.227 e. The second kappa shape index (κ2) is 5.65. The van der Waals surface area contributed by atoms with Crippen molar-refractivity contribution in [2.24, 2.45) is 5.92 Å². The lowest BCUT2D eigenvalue weighted by Crippen LogP contribution is -2.40. The van der Waals surface area contributed by atoms with Gasteiger partial charge >= 0.3 is 0 Å². The van der Waals surface area contributed by atoms with E-state index >= 15 is 0 Å². The fourth-order valence-corrected chi connectivity index (χ4v) is 2.58. The molecule has 1 aliphatic heterocycles. The van der Waals surface area contributed by atoms with Crippen LogP contribution in [-0.2, 0) is 4.79 Å². The highest BCUT2D eigenvalue weighted by atomic mass is 79.9. The highest BCUT2D eigenvalue weighted by Crippen LogP contribution is 2.20. The number of rotatable bonds is 2. The monoisotopic (exact) mass is 296 g/mol. The SMILES string of the molecule is C[C@H]1C[C@@H](C(=O)Nc2cccc(Br)c2)CCN1. The second-order valence-electron chi connectivity index (χ2n) is 4.58. The van der Waals surface area contributed by atoms with E-state index < -0.39 is 0 Å². The van der Waals surface area contributed by atoms with Gasteiger partial charge in [0, 0.05) is 22.1 Å². The largest absolute Gasteiger partial charge is 0.326 e. The van der Waals surface area contributed by atoms with Crippen molar-refractivity contribution in [2.45, 2.75) is 25.8 Å². The van der Waals surface area contributed by atoms with Crippen molar-refractivity contribution >= 4 is 27.5 Å². The minimum absolute atomic E-state index is 0.130. The van der Waals surface area contributed by atoms with E-state index in [-0.39, 0.29) is 11.8 Å². The Morgan fingerprint density at radius 3 is 3.06 bits per heavy atom. The summed E-state index contributed by atoms with van der Waals surface area (Å²) in [5, 5.41) is 6.33. The van der Waals surface area contributed by atoms with Crippen LogP contribution in [0.25, 0.3) is 0 Å². The normalized spacial score (nSPS) is 24.4. The Morgan fingerprint density at radius 2 is 2.35 bits per heavy atom. The van der Waals surface area contributed by atoms with Crippen molar-refractivity contribution in [1.82, 2.24) is 5.32 Å². The molecular formula is C13H17BrN2O. The average Bonchev–Trinajstić information content (AvgIpc) is 2.29. The van der Waals surface area contributed by atoms with Crippen molar-refractivity contribution in [3.63, 3.8) is 0 Å². The first-order chi connectivity index (χ1) is 8.15. The van der Waals surface area contributed by atoms with Gasteiger partial charge in [0.2, 0.25) is 5.91 Å². The minimum Gasteiger partial charge on any atom is -0.326 e. The van der Waals surface area contributed by atoms with Crippen molar-refractivity contribution < 1.29 is 4.79 Å². The lowest BCUT2D eigenvalue weighted by molar-refractivity contribution is -0.120. The van der Waals surface area contributed by atoms with Crippen molar-refractivity contribution in [3.05, 3.63) is 28.7 Å². The highest BCUT2D eigenvalue weighted by molar-refractivity contribution is 9.10. The average molecular weight is 297 g/mol. The molecule has 0 unspecified atom stereocenters. The van der Waals surface area contributed by atoms with Crippen LogP contribution in [0.1, 0.15) is 19.8 Å². The molecule has 1 saturated heterocycles. The van der Waals surface area contributed by atoms with Crippen LogP contribution in [0.2, 0.25) is 0 Å². The molecule has 92 valence electrons. The van der Waals surface area contributed by atoms with Crippen LogP contribution in [0.4, 0.5) is 5.69 Å². The fraction of sp³-hybridized carbons (Fsp3) is 0.462. The van der Waals surface area contributed by atoms with E-state index in [2.05, 4.69) is 33.5 Å². The molecule has 1 aliphatic rings. The Hall–Kier alpha value is -0.870. The van der Waals surface area contributed by atoms with E-state index in [9.17, 15) is 4.79 Å².